The minimum Gasteiger partial charge on any atom is -0.399 e. The third-order valence-corrected chi connectivity index (χ3v) is 1.83. The van der Waals surface area contributed by atoms with Gasteiger partial charge in [0.05, 0.1) is 9.13 Å². The summed E-state index contributed by atoms with van der Waals surface area (Å²) in [5, 5.41) is 0. The summed E-state index contributed by atoms with van der Waals surface area (Å²) < 4.78 is 0. The molecule has 1 aliphatic heterocycles. The van der Waals surface area contributed by atoms with Gasteiger partial charge >= 0.3 is 0 Å². The zero-order valence-electron chi connectivity index (χ0n) is 4.39. The van der Waals surface area contributed by atoms with Crippen molar-refractivity contribution in [3.8, 4) is 0 Å². The first-order valence-electron chi connectivity index (χ1n) is 2.31. The SMILES string of the molecule is NC1=C[Si]=CC(N)=C1. The third kappa shape index (κ3) is 1.07. The predicted octanol–water partition coefficient (Wildman–Crippen LogP) is -0.851. The van der Waals surface area contributed by atoms with E-state index in [0.717, 1.165) is 11.4 Å². The van der Waals surface area contributed by atoms with Crippen LogP contribution in [0.25, 0.3) is 0 Å². The van der Waals surface area contributed by atoms with E-state index in [-0.39, 0.29) is 0 Å². The molecule has 0 aromatic carbocycles. The molecule has 0 fully saturated rings. The highest BCUT2D eigenvalue weighted by Gasteiger charge is 1.88. The number of nitrogens with two attached hydrogens (primary N) is 2. The van der Waals surface area contributed by atoms with Crippen LogP contribution in [-0.2, 0) is 0 Å². The normalized spacial score (nSPS) is 17.5. The smallest absolute Gasteiger partial charge is 0.0548 e. The van der Waals surface area contributed by atoms with E-state index >= 15 is 0 Å². The molecule has 1 aliphatic rings. The van der Waals surface area contributed by atoms with Crippen molar-refractivity contribution in [2.75, 3.05) is 0 Å². The van der Waals surface area contributed by atoms with Crippen molar-refractivity contribution < 1.29 is 0 Å². The van der Waals surface area contributed by atoms with Crippen LogP contribution in [-0.4, -0.2) is 14.8 Å². The molecule has 0 spiro atoms. The average molecular weight is 123 g/mol. The van der Waals surface area contributed by atoms with Crippen molar-refractivity contribution >= 4 is 14.8 Å². The minimum atomic E-state index is 0.657. The number of hydrogen-bond donors (Lipinski definition) is 2. The molecule has 0 aliphatic carbocycles. The van der Waals surface area contributed by atoms with Crippen LogP contribution in [0.3, 0.4) is 0 Å². The summed E-state index contributed by atoms with van der Waals surface area (Å²) in [6.07, 6.45) is 1.76. The minimum absolute atomic E-state index is 0.657. The van der Waals surface area contributed by atoms with E-state index in [4.69, 9.17) is 11.5 Å². The molecule has 1 heterocycles. The topological polar surface area (TPSA) is 52.0 Å². The molecule has 8 heavy (non-hydrogen) atoms. The summed E-state index contributed by atoms with van der Waals surface area (Å²) in [6.45, 7) is 0. The molecule has 1 rings (SSSR count). The zero-order valence-corrected chi connectivity index (χ0v) is 5.39. The summed E-state index contributed by atoms with van der Waals surface area (Å²) in [6, 6.07) is 0. The Kier molecular flexibility index (Phi) is 1.30. The Morgan fingerprint density at radius 1 is 1.25 bits per heavy atom. The van der Waals surface area contributed by atoms with Crippen molar-refractivity contribution in [1.82, 2.24) is 0 Å². The molecule has 0 amide bonds. The largest absolute Gasteiger partial charge is 0.399 e. The molecule has 0 bridgehead atoms. The van der Waals surface area contributed by atoms with Gasteiger partial charge in [-0.3, -0.25) is 0 Å². The molecular weight excluding hydrogens is 116 g/mol. The monoisotopic (exact) mass is 123 g/mol. The fourth-order valence-corrected chi connectivity index (χ4v) is 1.14. The highest BCUT2D eigenvalue weighted by atomic mass is 28.2. The van der Waals surface area contributed by atoms with Crippen molar-refractivity contribution in [3.05, 3.63) is 23.2 Å². The van der Waals surface area contributed by atoms with Gasteiger partial charge < -0.3 is 11.5 Å². The standard InChI is InChI=1S/C5H7N2Si/c6-4-1-5(7)3-8-2-4/h1-3H,6-7H2. The van der Waals surface area contributed by atoms with Gasteiger partial charge in [0.15, 0.2) is 0 Å². The summed E-state index contributed by atoms with van der Waals surface area (Å²) in [5.41, 5.74) is 16.3. The first-order chi connectivity index (χ1) is 3.79. The Hall–Kier alpha value is -0.833. The summed E-state index contributed by atoms with van der Waals surface area (Å²) in [7, 11) is 0.657. The van der Waals surface area contributed by atoms with Crippen molar-refractivity contribution in [2.45, 2.75) is 0 Å². The molecule has 3 heteroatoms. The van der Waals surface area contributed by atoms with Gasteiger partial charge in [0, 0.05) is 11.4 Å². The van der Waals surface area contributed by atoms with Crippen LogP contribution < -0.4 is 11.5 Å². The van der Waals surface area contributed by atoms with Crippen LogP contribution in [0.5, 0.6) is 0 Å². The van der Waals surface area contributed by atoms with Crippen LogP contribution in [0.2, 0.25) is 0 Å². The van der Waals surface area contributed by atoms with E-state index in [0.29, 0.717) is 9.13 Å². The second kappa shape index (κ2) is 1.96. The van der Waals surface area contributed by atoms with Crippen molar-refractivity contribution in [3.63, 3.8) is 0 Å². The van der Waals surface area contributed by atoms with E-state index in [1.54, 1.807) is 6.08 Å². The Balaban J connectivity index is 2.89. The second-order valence-electron chi connectivity index (χ2n) is 1.60. The van der Waals surface area contributed by atoms with Crippen molar-refractivity contribution in [2.24, 2.45) is 11.5 Å². The van der Waals surface area contributed by atoms with E-state index in [9.17, 15) is 0 Å². The van der Waals surface area contributed by atoms with Crippen LogP contribution in [0.4, 0.5) is 0 Å². The Bertz CT molecular complexity index is 176. The molecule has 41 valence electrons. The first-order valence-corrected chi connectivity index (χ1v) is 3.46. The fourth-order valence-electron chi connectivity index (χ4n) is 0.510. The van der Waals surface area contributed by atoms with Crippen molar-refractivity contribution in [1.29, 1.82) is 0 Å². The van der Waals surface area contributed by atoms with Gasteiger partial charge in [-0.15, -0.1) is 0 Å². The van der Waals surface area contributed by atoms with Crippen LogP contribution in [0.1, 0.15) is 0 Å². The molecule has 0 saturated carbocycles. The summed E-state index contributed by atoms with van der Waals surface area (Å²) >= 11 is 0. The van der Waals surface area contributed by atoms with Gasteiger partial charge in [-0.05, 0) is 6.08 Å². The molecule has 0 aromatic rings. The quantitative estimate of drug-likeness (QED) is 0.412. The summed E-state index contributed by atoms with van der Waals surface area (Å²) in [4.78, 5) is 0. The first kappa shape index (κ1) is 5.31. The van der Waals surface area contributed by atoms with E-state index in [1.165, 1.54) is 0 Å². The summed E-state index contributed by atoms with van der Waals surface area (Å²) in [5.74, 6) is 0. The highest BCUT2D eigenvalue weighted by Crippen LogP contribution is 1.90. The second-order valence-corrected chi connectivity index (χ2v) is 2.51. The lowest BCUT2D eigenvalue weighted by molar-refractivity contribution is 1.38. The van der Waals surface area contributed by atoms with E-state index < -0.39 is 0 Å². The molecule has 0 saturated heterocycles. The Morgan fingerprint density at radius 3 is 2.38 bits per heavy atom. The van der Waals surface area contributed by atoms with E-state index in [2.05, 4.69) is 0 Å². The molecule has 0 atom stereocenters. The molecule has 0 unspecified atom stereocenters. The molecular formula is C5H7N2Si. The van der Waals surface area contributed by atoms with E-state index in [1.807, 2.05) is 11.4 Å². The van der Waals surface area contributed by atoms with Crippen LogP contribution in [0.15, 0.2) is 23.2 Å². The Labute approximate surface area is 50.3 Å². The number of hydrogen-bond acceptors (Lipinski definition) is 2. The maximum atomic E-state index is 5.42. The van der Waals surface area contributed by atoms with Gasteiger partial charge in [0.2, 0.25) is 0 Å². The average Bonchev–Trinajstić information content (AvgIpc) is 1.64. The molecule has 4 N–H and O–H groups in total. The van der Waals surface area contributed by atoms with Crippen LogP contribution in [0, 0.1) is 0 Å². The van der Waals surface area contributed by atoms with Gasteiger partial charge in [0.25, 0.3) is 0 Å². The third-order valence-electron chi connectivity index (χ3n) is 0.833. The number of rotatable bonds is 0. The number of allylic oxidation sites excluding steroid dienone is 2. The lowest BCUT2D eigenvalue weighted by Crippen LogP contribution is -2.08. The van der Waals surface area contributed by atoms with Gasteiger partial charge in [-0.25, -0.2) is 0 Å². The maximum absolute atomic E-state index is 5.42. The van der Waals surface area contributed by atoms with Gasteiger partial charge in [-0.2, -0.15) is 0 Å². The lowest BCUT2D eigenvalue weighted by atomic mass is 10.4. The van der Waals surface area contributed by atoms with Gasteiger partial charge in [-0.1, -0.05) is 11.4 Å². The molecule has 1 radical (unpaired) electrons. The highest BCUT2D eigenvalue weighted by molar-refractivity contribution is 6.55. The predicted molar refractivity (Wildman–Crippen MR) is 36.4 cm³/mol. The molecule has 0 aromatic heterocycles. The van der Waals surface area contributed by atoms with Crippen LogP contribution >= 0.6 is 0 Å². The Morgan fingerprint density at radius 2 is 2.00 bits per heavy atom. The lowest BCUT2D eigenvalue weighted by Gasteiger charge is -1.97. The zero-order chi connectivity index (χ0) is 5.98. The fraction of sp³-hybridized carbons (Fsp3) is 0. The molecule has 2 nitrogen and oxygen atoms in total. The maximum Gasteiger partial charge on any atom is 0.0548 e. The van der Waals surface area contributed by atoms with Gasteiger partial charge in [0.1, 0.15) is 0 Å².